The Bertz CT molecular complexity index is 415. The van der Waals surface area contributed by atoms with E-state index < -0.39 is 6.10 Å². The number of hydrogen-bond acceptors (Lipinski definition) is 3. The van der Waals surface area contributed by atoms with Gasteiger partial charge in [0.15, 0.2) is 11.5 Å². The molecule has 0 radical (unpaired) electrons. The normalized spacial score (nSPS) is 19.9. The number of benzene rings is 1. The van der Waals surface area contributed by atoms with Gasteiger partial charge in [0, 0.05) is 0 Å². The van der Waals surface area contributed by atoms with E-state index in [9.17, 15) is 5.11 Å². The van der Waals surface area contributed by atoms with E-state index in [4.69, 9.17) is 21.1 Å². The fraction of sp³-hybridized carbons (Fsp3) is 0.500. The molecule has 1 heterocycles. The zero-order chi connectivity index (χ0) is 11.1. The van der Waals surface area contributed by atoms with Gasteiger partial charge in [0.2, 0.25) is 6.79 Å². The number of aliphatic hydroxyl groups excluding tert-OH is 1. The monoisotopic (exact) mass is 240 g/mol. The summed E-state index contributed by atoms with van der Waals surface area (Å²) in [6, 6.07) is 3.59. The number of rotatable bonds is 3. The van der Waals surface area contributed by atoms with E-state index in [1.165, 1.54) is 12.8 Å². The first-order chi connectivity index (χ1) is 7.74. The second-order valence-corrected chi connectivity index (χ2v) is 4.84. The first-order valence-corrected chi connectivity index (χ1v) is 5.89. The third-order valence-electron chi connectivity index (χ3n) is 3.09. The van der Waals surface area contributed by atoms with Gasteiger partial charge in [0.05, 0.1) is 11.1 Å². The number of hydrogen-bond donors (Lipinski definition) is 1. The van der Waals surface area contributed by atoms with E-state index >= 15 is 0 Å². The van der Waals surface area contributed by atoms with E-state index in [2.05, 4.69) is 0 Å². The van der Waals surface area contributed by atoms with Gasteiger partial charge in [0.1, 0.15) is 0 Å². The number of fused-ring (bicyclic) bond motifs is 1. The quantitative estimate of drug-likeness (QED) is 0.883. The van der Waals surface area contributed by atoms with Gasteiger partial charge in [-0.3, -0.25) is 0 Å². The molecule has 0 spiro atoms. The van der Waals surface area contributed by atoms with Crippen molar-refractivity contribution in [2.24, 2.45) is 5.92 Å². The molecule has 86 valence electrons. The van der Waals surface area contributed by atoms with Crippen molar-refractivity contribution in [3.63, 3.8) is 0 Å². The van der Waals surface area contributed by atoms with E-state index in [1.54, 1.807) is 6.07 Å². The van der Waals surface area contributed by atoms with Crippen LogP contribution in [0.4, 0.5) is 0 Å². The second-order valence-electron chi connectivity index (χ2n) is 4.43. The average molecular weight is 241 g/mol. The van der Waals surface area contributed by atoms with Gasteiger partial charge in [-0.25, -0.2) is 0 Å². The fourth-order valence-corrected chi connectivity index (χ4v) is 2.26. The highest BCUT2D eigenvalue weighted by molar-refractivity contribution is 6.32. The molecular formula is C12H13ClO3. The number of ether oxygens (including phenoxy) is 2. The molecule has 1 aliphatic carbocycles. The van der Waals surface area contributed by atoms with Gasteiger partial charge in [-0.15, -0.1) is 0 Å². The van der Waals surface area contributed by atoms with Gasteiger partial charge in [0.25, 0.3) is 0 Å². The predicted molar refractivity (Wildman–Crippen MR) is 59.9 cm³/mol. The Morgan fingerprint density at radius 1 is 1.38 bits per heavy atom. The van der Waals surface area contributed by atoms with Gasteiger partial charge in [-0.1, -0.05) is 24.4 Å². The third kappa shape index (κ3) is 1.85. The van der Waals surface area contributed by atoms with E-state index in [-0.39, 0.29) is 6.79 Å². The maximum Gasteiger partial charge on any atom is 0.231 e. The Labute approximate surface area is 98.9 Å². The maximum atomic E-state index is 10.0. The van der Waals surface area contributed by atoms with Crippen molar-refractivity contribution in [2.75, 3.05) is 6.79 Å². The van der Waals surface area contributed by atoms with E-state index in [0.29, 0.717) is 22.4 Å². The molecule has 3 rings (SSSR count). The highest BCUT2D eigenvalue weighted by atomic mass is 35.5. The highest BCUT2D eigenvalue weighted by Gasteiger charge is 2.27. The Morgan fingerprint density at radius 2 is 2.19 bits per heavy atom. The van der Waals surface area contributed by atoms with Crippen LogP contribution in [0.1, 0.15) is 30.9 Å². The molecule has 1 fully saturated rings. The lowest BCUT2D eigenvalue weighted by atomic mass is 10.0. The lowest BCUT2D eigenvalue weighted by molar-refractivity contribution is 0.159. The van der Waals surface area contributed by atoms with Crippen molar-refractivity contribution in [1.82, 2.24) is 0 Å². The standard InChI is InChI=1S/C12H13ClO3/c13-9-4-8(10(14)3-7-1-2-7)5-11-12(9)16-6-15-11/h4-5,7,10,14H,1-3,6H2. The van der Waals surface area contributed by atoms with Gasteiger partial charge in [-0.05, 0) is 30.0 Å². The van der Waals surface area contributed by atoms with Crippen molar-refractivity contribution in [3.8, 4) is 11.5 Å². The highest BCUT2D eigenvalue weighted by Crippen LogP contribution is 2.43. The lowest BCUT2D eigenvalue weighted by Gasteiger charge is -2.11. The zero-order valence-corrected chi connectivity index (χ0v) is 9.54. The van der Waals surface area contributed by atoms with Crippen LogP contribution in [0.25, 0.3) is 0 Å². The Kier molecular flexibility index (Phi) is 2.45. The number of halogens is 1. The van der Waals surface area contributed by atoms with Crippen LogP contribution in [-0.4, -0.2) is 11.9 Å². The van der Waals surface area contributed by atoms with Crippen LogP contribution in [0, 0.1) is 5.92 Å². The van der Waals surface area contributed by atoms with Crippen LogP contribution in [0.2, 0.25) is 5.02 Å². The number of aliphatic hydroxyl groups is 1. The topological polar surface area (TPSA) is 38.7 Å². The van der Waals surface area contributed by atoms with Crippen molar-refractivity contribution in [3.05, 3.63) is 22.7 Å². The molecule has 0 bridgehead atoms. The molecule has 1 aromatic rings. The van der Waals surface area contributed by atoms with Crippen molar-refractivity contribution in [2.45, 2.75) is 25.4 Å². The molecule has 0 aromatic heterocycles. The Balaban J connectivity index is 1.86. The second kappa shape index (κ2) is 3.82. The summed E-state index contributed by atoms with van der Waals surface area (Å²) in [5.74, 6) is 1.90. The van der Waals surface area contributed by atoms with Gasteiger partial charge in [-0.2, -0.15) is 0 Å². The third-order valence-corrected chi connectivity index (χ3v) is 3.37. The summed E-state index contributed by atoms with van der Waals surface area (Å²) in [6.07, 6.45) is 2.83. The molecular weight excluding hydrogens is 228 g/mol. The lowest BCUT2D eigenvalue weighted by Crippen LogP contribution is -1.98. The summed E-state index contributed by atoms with van der Waals surface area (Å²) < 4.78 is 10.5. The molecule has 0 saturated heterocycles. The molecule has 2 aliphatic rings. The van der Waals surface area contributed by atoms with Crippen molar-refractivity contribution < 1.29 is 14.6 Å². The van der Waals surface area contributed by atoms with Crippen molar-refractivity contribution in [1.29, 1.82) is 0 Å². The van der Waals surface area contributed by atoms with Gasteiger partial charge >= 0.3 is 0 Å². The van der Waals surface area contributed by atoms with Crippen LogP contribution in [0.3, 0.4) is 0 Å². The molecule has 3 nitrogen and oxygen atoms in total. The molecule has 1 saturated carbocycles. The molecule has 1 unspecified atom stereocenters. The first-order valence-electron chi connectivity index (χ1n) is 5.51. The zero-order valence-electron chi connectivity index (χ0n) is 8.78. The van der Waals surface area contributed by atoms with Crippen LogP contribution < -0.4 is 9.47 Å². The summed E-state index contributed by atoms with van der Waals surface area (Å²) in [4.78, 5) is 0. The smallest absolute Gasteiger partial charge is 0.231 e. The predicted octanol–water partition coefficient (Wildman–Crippen LogP) is 2.90. The SMILES string of the molecule is OC(CC1CC1)c1cc(Cl)c2c(c1)OCO2. The van der Waals surface area contributed by atoms with Crippen LogP contribution in [-0.2, 0) is 0 Å². The maximum absolute atomic E-state index is 10.0. The molecule has 1 N–H and O–H groups in total. The minimum atomic E-state index is -0.445. The van der Waals surface area contributed by atoms with Crippen LogP contribution in [0.15, 0.2) is 12.1 Å². The fourth-order valence-electron chi connectivity index (χ4n) is 1.99. The molecule has 1 aromatic carbocycles. The largest absolute Gasteiger partial charge is 0.454 e. The summed E-state index contributed by atoms with van der Waals surface area (Å²) in [5.41, 5.74) is 0.821. The molecule has 1 aliphatic heterocycles. The molecule has 4 heteroatoms. The van der Waals surface area contributed by atoms with Gasteiger partial charge < -0.3 is 14.6 Å². The molecule has 16 heavy (non-hydrogen) atoms. The van der Waals surface area contributed by atoms with E-state index in [0.717, 1.165) is 12.0 Å². The summed E-state index contributed by atoms with van der Waals surface area (Å²) in [6.45, 7) is 0.206. The first kappa shape index (κ1) is 10.2. The van der Waals surface area contributed by atoms with Crippen LogP contribution >= 0.6 is 11.6 Å². The summed E-state index contributed by atoms with van der Waals surface area (Å²) in [5, 5.41) is 10.5. The molecule has 0 amide bonds. The Hall–Kier alpha value is -0.930. The van der Waals surface area contributed by atoms with Crippen molar-refractivity contribution >= 4 is 11.6 Å². The van der Waals surface area contributed by atoms with E-state index in [1.807, 2.05) is 6.07 Å². The minimum Gasteiger partial charge on any atom is -0.454 e. The summed E-state index contributed by atoms with van der Waals surface area (Å²) >= 11 is 6.05. The van der Waals surface area contributed by atoms with Crippen LogP contribution in [0.5, 0.6) is 11.5 Å². The average Bonchev–Trinajstić information content (AvgIpc) is 2.94. The Morgan fingerprint density at radius 3 is 2.94 bits per heavy atom. The molecule has 1 atom stereocenters. The minimum absolute atomic E-state index is 0.206. The summed E-state index contributed by atoms with van der Waals surface area (Å²) in [7, 11) is 0.